The zero-order valence-electron chi connectivity index (χ0n) is 11.2. The van der Waals surface area contributed by atoms with E-state index >= 15 is 0 Å². The van der Waals surface area contributed by atoms with Crippen LogP contribution in [0.4, 0.5) is 17.1 Å². The van der Waals surface area contributed by atoms with Gasteiger partial charge in [-0.15, -0.1) is 0 Å². The number of nitro benzene ring substituents is 1. The number of hydrazine groups is 1. The Kier molecular flexibility index (Phi) is 4.04. The molecule has 0 atom stereocenters. The van der Waals surface area contributed by atoms with Crippen LogP contribution in [-0.4, -0.2) is 41.9 Å². The predicted molar refractivity (Wildman–Crippen MR) is 75.4 cm³/mol. The van der Waals surface area contributed by atoms with Gasteiger partial charge in [0.25, 0.3) is 5.69 Å². The van der Waals surface area contributed by atoms with Crippen molar-refractivity contribution in [3.63, 3.8) is 0 Å². The van der Waals surface area contributed by atoms with Crippen molar-refractivity contribution in [2.75, 3.05) is 36.5 Å². The molecule has 108 valence electrons. The summed E-state index contributed by atoms with van der Waals surface area (Å²) in [6.07, 6.45) is 0. The quantitative estimate of drug-likeness (QED) is 0.475. The molecule has 0 aromatic heterocycles. The molecule has 1 aromatic rings. The lowest BCUT2D eigenvalue weighted by atomic mass is 10.2. The SMILES string of the molecule is CC(=O)N1CCN(c2cc(NN)cc([N+](=O)[O-])c2)CC1. The average Bonchev–Trinajstić information content (AvgIpc) is 2.46. The summed E-state index contributed by atoms with van der Waals surface area (Å²) in [6.45, 7) is 4.06. The minimum absolute atomic E-state index is 0.00977. The Labute approximate surface area is 116 Å². The molecule has 0 unspecified atom stereocenters. The molecule has 8 heteroatoms. The number of nitrogen functional groups attached to an aromatic ring is 1. The van der Waals surface area contributed by atoms with Crippen LogP contribution in [-0.2, 0) is 4.79 Å². The van der Waals surface area contributed by atoms with E-state index in [4.69, 9.17) is 5.84 Å². The summed E-state index contributed by atoms with van der Waals surface area (Å²) in [6, 6.07) is 4.66. The van der Waals surface area contributed by atoms with E-state index in [1.807, 2.05) is 4.90 Å². The number of nitrogens with zero attached hydrogens (tertiary/aromatic N) is 3. The lowest BCUT2D eigenvalue weighted by molar-refractivity contribution is -0.384. The number of rotatable bonds is 3. The molecule has 20 heavy (non-hydrogen) atoms. The molecule has 2 rings (SSSR count). The highest BCUT2D eigenvalue weighted by molar-refractivity contribution is 5.73. The second-order valence-corrected chi connectivity index (χ2v) is 4.63. The number of anilines is 2. The summed E-state index contributed by atoms with van der Waals surface area (Å²) in [5, 5.41) is 10.9. The summed E-state index contributed by atoms with van der Waals surface area (Å²) >= 11 is 0. The first-order chi connectivity index (χ1) is 9.51. The number of nitrogens with one attached hydrogen (secondary N) is 1. The summed E-state index contributed by atoms with van der Waals surface area (Å²) in [5.41, 5.74) is 3.64. The van der Waals surface area contributed by atoms with Gasteiger partial charge in [-0.3, -0.25) is 20.8 Å². The number of hydrogen-bond acceptors (Lipinski definition) is 6. The molecule has 8 nitrogen and oxygen atoms in total. The van der Waals surface area contributed by atoms with E-state index in [0.717, 1.165) is 5.69 Å². The Morgan fingerprint density at radius 3 is 2.45 bits per heavy atom. The lowest BCUT2D eigenvalue weighted by Crippen LogP contribution is -2.48. The van der Waals surface area contributed by atoms with Crippen molar-refractivity contribution >= 4 is 23.0 Å². The third kappa shape index (κ3) is 2.97. The van der Waals surface area contributed by atoms with Crippen LogP contribution < -0.4 is 16.2 Å². The Hall–Kier alpha value is -2.35. The molecule has 1 heterocycles. The van der Waals surface area contributed by atoms with Crippen LogP contribution in [0.5, 0.6) is 0 Å². The van der Waals surface area contributed by atoms with Crippen LogP contribution >= 0.6 is 0 Å². The van der Waals surface area contributed by atoms with Crippen molar-refractivity contribution in [3.8, 4) is 0 Å². The first kappa shape index (κ1) is 14.1. The molecule has 0 aliphatic carbocycles. The van der Waals surface area contributed by atoms with Gasteiger partial charge in [0.05, 0.1) is 10.6 Å². The smallest absolute Gasteiger partial charge is 0.273 e. The van der Waals surface area contributed by atoms with Crippen LogP contribution in [0.25, 0.3) is 0 Å². The van der Waals surface area contributed by atoms with E-state index in [0.29, 0.717) is 31.9 Å². The molecule has 1 saturated heterocycles. The highest BCUT2D eigenvalue weighted by atomic mass is 16.6. The standard InChI is InChI=1S/C12H17N5O3/c1-9(18)15-2-4-16(5-3-15)11-6-10(14-13)7-12(8-11)17(19)20/h6-8,14H,2-5,13H2,1H3. The molecule has 1 aromatic carbocycles. The first-order valence-corrected chi connectivity index (χ1v) is 6.28. The monoisotopic (exact) mass is 279 g/mol. The van der Waals surface area contributed by atoms with E-state index in [2.05, 4.69) is 5.43 Å². The van der Waals surface area contributed by atoms with Gasteiger partial charge in [-0.2, -0.15) is 0 Å². The minimum atomic E-state index is -0.448. The fourth-order valence-electron chi connectivity index (χ4n) is 2.25. The van der Waals surface area contributed by atoms with Gasteiger partial charge in [0.15, 0.2) is 0 Å². The molecule has 0 bridgehead atoms. The predicted octanol–water partition coefficient (Wildman–Crippen LogP) is 0.549. The van der Waals surface area contributed by atoms with Crippen molar-refractivity contribution in [3.05, 3.63) is 28.3 Å². The van der Waals surface area contributed by atoms with Gasteiger partial charge in [-0.25, -0.2) is 0 Å². The number of piperazine rings is 1. The molecule has 1 amide bonds. The molecule has 0 radical (unpaired) electrons. The van der Waals surface area contributed by atoms with Gasteiger partial charge in [-0.05, 0) is 6.07 Å². The van der Waals surface area contributed by atoms with Crippen molar-refractivity contribution < 1.29 is 9.72 Å². The van der Waals surface area contributed by atoms with Crippen LogP contribution in [0.3, 0.4) is 0 Å². The fourth-order valence-corrected chi connectivity index (χ4v) is 2.25. The summed E-state index contributed by atoms with van der Waals surface area (Å²) in [4.78, 5) is 25.5. The topological polar surface area (TPSA) is 105 Å². The van der Waals surface area contributed by atoms with E-state index in [-0.39, 0.29) is 11.6 Å². The van der Waals surface area contributed by atoms with Crippen molar-refractivity contribution in [2.45, 2.75) is 6.92 Å². The van der Waals surface area contributed by atoms with E-state index in [1.165, 1.54) is 12.1 Å². The van der Waals surface area contributed by atoms with Crippen molar-refractivity contribution in [1.29, 1.82) is 0 Å². The molecule has 1 aliphatic heterocycles. The molecule has 0 saturated carbocycles. The van der Waals surface area contributed by atoms with E-state index < -0.39 is 4.92 Å². The number of amides is 1. The molecule has 3 N–H and O–H groups in total. The average molecular weight is 279 g/mol. The van der Waals surface area contributed by atoms with E-state index in [1.54, 1.807) is 17.9 Å². The zero-order valence-corrected chi connectivity index (χ0v) is 11.2. The maximum absolute atomic E-state index is 11.3. The second kappa shape index (κ2) is 5.74. The molecule has 0 spiro atoms. The van der Waals surface area contributed by atoms with Gasteiger partial charge in [-0.1, -0.05) is 0 Å². The van der Waals surface area contributed by atoms with Gasteiger partial charge in [0.2, 0.25) is 5.91 Å². The van der Waals surface area contributed by atoms with Gasteiger partial charge in [0.1, 0.15) is 0 Å². The molecular formula is C12H17N5O3. The van der Waals surface area contributed by atoms with Crippen LogP contribution in [0.15, 0.2) is 18.2 Å². The van der Waals surface area contributed by atoms with Crippen molar-refractivity contribution in [2.24, 2.45) is 5.84 Å². The maximum atomic E-state index is 11.3. The third-order valence-corrected chi connectivity index (χ3v) is 3.37. The number of nitro groups is 1. The lowest BCUT2D eigenvalue weighted by Gasteiger charge is -2.35. The Morgan fingerprint density at radius 2 is 1.95 bits per heavy atom. The zero-order chi connectivity index (χ0) is 14.7. The number of benzene rings is 1. The highest BCUT2D eigenvalue weighted by Gasteiger charge is 2.20. The van der Waals surface area contributed by atoms with Gasteiger partial charge in [0, 0.05) is 50.9 Å². The summed E-state index contributed by atoms with van der Waals surface area (Å²) in [5.74, 6) is 5.38. The van der Waals surface area contributed by atoms with Crippen LogP contribution in [0, 0.1) is 10.1 Å². The number of carbonyl (C=O) groups is 1. The highest BCUT2D eigenvalue weighted by Crippen LogP contribution is 2.27. The normalized spacial score (nSPS) is 15.1. The fraction of sp³-hybridized carbons (Fsp3) is 0.417. The number of hydrogen-bond donors (Lipinski definition) is 2. The molecule has 1 fully saturated rings. The van der Waals surface area contributed by atoms with Gasteiger partial charge < -0.3 is 15.2 Å². The first-order valence-electron chi connectivity index (χ1n) is 6.28. The Bertz CT molecular complexity index is 526. The van der Waals surface area contributed by atoms with Gasteiger partial charge >= 0.3 is 0 Å². The number of non-ortho nitro benzene ring substituents is 1. The van der Waals surface area contributed by atoms with Crippen LogP contribution in [0.1, 0.15) is 6.92 Å². The summed E-state index contributed by atoms with van der Waals surface area (Å²) < 4.78 is 0. The largest absolute Gasteiger partial charge is 0.368 e. The van der Waals surface area contributed by atoms with Crippen molar-refractivity contribution in [1.82, 2.24) is 4.90 Å². The van der Waals surface area contributed by atoms with Crippen LogP contribution in [0.2, 0.25) is 0 Å². The molecular weight excluding hydrogens is 262 g/mol. The second-order valence-electron chi connectivity index (χ2n) is 4.63. The van der Waals surface area contributed by atoms with E-state index in [9.17, 15) is 14.9 Å². The number of carbonyl (C=O) groups excluding carboxylic acids is 1. The maximum Gasteiger partial charge on any atom is 0.273 e. The third-order valence-electron chi connectivity index (χ3n) is 3.37. The number of nitrogens with two attached hydrogens (primary N) is 1. The Balaban J connectivity index is 2.19. The molecule has 1 aliphatic rings. The minimum Gasteiger partial charge on any atom is -0.368 e. The summed E-state index contributed by atoms with van der Waals surface area (Å²) in [7, 11) is 0. The Morgan fingerprint density at radius 1 is 1.30 bits per heavy atom.